The minimum Gasteiger partial charge on any atom is -0.307 e. The second-order valence-electron chi connectivity index (χ2n) is 26.5. The first-order valence-corrected chi connectivity index (χ1v) is 35.3. The first-order chi connectivity index (χ1) is 51.5. The molecule has 0 radical (unpaired) electrons. The summed E-state index contributed by atoms with van der Waals surface area (Å²) in [6, 6.07) is 137. The molecule has 19 rings (SSSR count). The third kappa shape index (κ3) is 11.5. The molecular weight excluding hydrogens is 1260 g/mol. The molecule has 19 aromatic rings. The largest absolute Gasteiger partial charge is 0.307 e. The molecular formula is C98H64N6. The zero-order valence-electron chi connectivity index (χ0n) is 56.6. The molecule has 0 atom stereocenters. The van der Waals surface area contributed by atoms with Gasteiger partial charge >= 0.3 is 0 Å². The van der Waals surface area contributed by atoms with E-state index in [-0.39, 0.29) is 0 Å². The van der Waals surface area contributed by atoms with Gasteiger partial charge in [-0.2, -0.15) is 0 Å². The molecule has 6 aromatic heterocycles. The number of pyridine rings is 4. The van der Waals surface area contributed by atoms with Crippen molar-refractivity contribution in [3.05, 3.63) is 388 Å². The zero-order chi connectivity index (χ0) is 68.9. The molecule has 6 nitrogen and oxygen atoms in total. The van der Waals surface area contributed by atoms with Gasteiger partial charge in [0, 0.05) is 60.5 Å². The number of aromatic nitrogens is 6. The van der Waals surface area contributed by atoms with Gasteiger partial charge in [-0.15, -0.1) is 0 Å². The van der Waals surface area contributed by atoms with Gasteiger partial charge in [-0.3, -0.25) is 4.57 Å². The predicted octanol–water partition coefficient (Wildman–Crippen LogP) is 25.5. The topological polar surface area (TPSA) is 61.4 Å². The van der Waals surface area contributed by atoms with Gasteiger partial charge in [-0.05, 0) is 158 Å². The van der Waals surface area contributed by atoms with Gasteiger partial charge in [0.2, 0.25) is 0 Å². The molecule has 6 heteroatoms. The Hall–Kier alpha value is -13.9. The van der Waals surface area contributed by atoms with Crippen molar-refractivity contribution in [2.75, 3.05) is 0 Å². The highest BCUT2D eigenvalue weighted by Crippen LogP contribution is 2.45. The molecule has 0 spiro atoms. The van der Waals surface area contributed by atoms with Crippen molar-refractivity contribution in [3.8, 4) is 146 Å². The molecule has 0 N–H and O–H groups in total. The van der Waals surface area contributed by atoms with E-state index in [2.05, 4.69) is 373 Å². The van der Waals surface area contributed by atoms with Crippen LogP contribution < -0.4 is 0 Å². The molecule has 0 unspecified atom stereocenters. The summed E-state index contributed by atoms with van der Waals surface area (Å²) in [7, 11) is 0. The molecule has 0 bridgehead atoms. The Kier molecular flexibility index (Phi) is 15.5. The molecule has 0 saturated carbocycles. The molecule has 0 aliphatic carbocycles. The van der Waals surface area contributed by atoms with Crippen LogP contribution in [-0.4, -0.2) is 29.1 Å². The summed E-state index contributed by atoms with van der Waals surface area (Å²) < 4.78 is 4.80. The molecule has 0 fully saturated rings. The zero-order valence-corrected chi connectivity index (χ0v) is 56.6. The smallest absolute Gasteiger partial charge is 0.138 e. The molecule has 486 valence electrons. The number of rotatable bonds is 14. The lowest BCUT2D eigenvalue weighted by atomic mass is 9.95. The summed E-state index contributed by atoms with van der Waals surface area (Å²) in [6.07, 6.45) is 2.11. The SMILES string of the molecule is c1ccc(-c2ccc3c(c2)c2cc(-c4ccccc4)ccc2n3-c2cc(-c3cccc(-c4cc(-c5cc(-c6ccccc6)nc(-c6ccccc6)c5)nc(-c5cc(-c6ccccc6)nc(-c6ccccc6)c5)c4)c3)c(-n3c4ccc(-c5ccccc5)cc4c4cc(-c5ccccc5)ccc43)cn2)cc1. The summed E-state index contributed by atoms with van der Waals surface area (Å²) in [4.78, 5) is 22.1. The van der Waals surface area contributed by atoms with Crippen molar-refractivity contribution in [3.63, 3.8) is 0 Å². The van der Waals surface area contributed by atoms with Gasteiger partial charge in [-0.25, -0.2) is 19.9 Å². The summed E-state index contributed by atoms with van der Waals surface area (Å²) >= 11 is 0. The fraction of sp³-hybridized carbons (Fsp3) is 0. The Balaban J connectivity index is 0.864. The predicted molar refractivity (Wildman–Crippen MR) is 432 cm³/mol. The van der Waals surface area contributed by atoms with Crippen LogP contribution in [0, 0.1) is 0 Å². The molecule has 13 aromatic carbocycles. The normalized spacial score (nSPS) is 11.5. The van der Waals surface area contributed by atoms with Crippen LogP contribution in [0.25, 0.3) is 189 Å². The van der Waals surface area contributed by atoms with Crippen LogP contribution >= 0.6 is 0 Å². The standard InChI is InChI=1S/C98H64N6/c1-9-26-65(27-10-1)74-44-48-93-83(53-74)84-54-75(66-28-11-2-12-29-66)45-49-94(84)103(93)97-64-99-98(104-95-50-46-76(67-30-13-3-14-31-67)55-85(95)86-56-77(47-51-96(86)104)68-32-15-4-16-33-68)63-82(97)78-43-25-42-73(52-78)79-57-91(80-59-87(69-34-17-5-18-35-69)100-88(60-80)70-36-19-6-20-37-70)102-92(58-79)81-61-89(71-38-21-7-22-39-71)101-90(62-81)72-40-23-8-24-41-72/h1-64H. The third-order valence-electron chi connectivity index (χ3n) is 20.1. The lowest BCUT2D eigenvalue weighted by molar-refractivity contribution is 1.06. The highest BCUT2D eigenvalue weighted by molar-refractivity contribution is 6.14. The van der Waals surface area contributed by atoms with Crippen LogP contribution in [0.4, 0.5) is 0 Å². The highest BCUT2D eigenvalue weighted by Gasteiger charge is 2.24. The van der Waals surface area contributed by atoms with Crippen molar-refractivity contribution in [1.82, 2.24) is 29.1 Å². The number of nitrogens with zero attached hydrogens (tertiary/aromatic N) is 6. The van der Waals surface area contributed by atoms with Gasteiger partial charge in [-0.1, -0.05) is 285 Å². The lowest BCUT2D eigenvalue weighted by Crippen LogP contribution is -2.03. The van der Waals surface area contributed by atoms with E-state index in [9.17, 15) is 0 Å². The van der Waals surface area contributed by atoms with Crippen molar-refractivity contribution in [2.45, 2.75) is 0 Å². The first-order valence-electron chi connectivity index (χ1n) is 35.3. The van der Waals surface area contributed by atoms with Gasteiger partial charge in [0.25, 0.3) is 0 Å². The van der Waals surface area contributed by atoms with E-state index in [1.54, 1.807) is 0 Å². The number of benzene rings is 13. The fourth-order valence-corrected chi connectivity index (χ4v) is 15.0. The van der Waals surface area contributed by atoms with Gasteiger partial charge < -0.3 is 4.57 Å². The molecule has 104 heavy (non-hydrogen) atoms. The quantitative estimate of drug-likeness (QED) is 0.109. The average Bonchev–Trinajstić information content (AvgIpc) is 1.57. The van der Waals surface area contributed by atoms with Crippen LogP contribution in [0.2, 0.25) is 0 Å². The molecule has 6 heterocycles. The van der Waals surface area contributed by atoms with Crippen molar-refractivity contribution in [1.29, 1.82) is 0 Å². The summed E-state index contributed by atoms with van der Waals surface area (Å²) in [6.45, 7) is 0. The van der Waals surface area contributed by atoms with Crippen LogP contribution in [0.5, 0.6) is 0 Å². The van der Waals surface area contributed by atoms with E-state index in [0.717, 1.165) is 189 Å². The van der Waals surface area contributed by atoms with Gasteiger partial charge in [0.05, 0.1) is 68.1 Å². The van der Waals surface area contributed by atoms with E-state index in [4.69, 9.17) is 19.9 Å². The number of hydrogen-bond acceptors (Lipinski definition) is 4. The summed E-state index contributed by atoms with van der Waals surface area (Å²) in [5, 5.41) is 4.58. The van der Waals surface area contributed by atoms with Crippen LogP contribution in [0.15, 0.2) is 388 Å². The maximum Gasteiger partial charge on any atom is 0.138 e. The van der Waals surface area contributed by atoms with Crippen molar-refractivity contribution >= 4 is 43.6 Å². The van der Waals surface area contributed by atoms with Gasteiger partial charge in [0.1, 0.15) is 5.82 Å². The summed E-state index contributed by atoms with van der Waals surface area (Å²) in [5.74, 6) is 0.795. The fourth-order valence-electron chi connectivity index (χ4n) is 15.0. The van der Waals surface area contributed by atoms with Crippen LogP contribution in [0.3, 0.4) is 0 Å². The lowest BCUT2D eigenvalue weighted by Gasteiger charge is -2.18. The van der Waals surface area contributed by atoms with E-state index < -0.39 is 0 Å². The maximum atomic E-state index is 5.74. The maximum absolute atomic E-state index is 5.74. The number of fused-ring (bicyclic) bond motifs is 6. The molecule has 0 aliphatic heterocycles. The van der Waals surface area contributed by atoms with Crippen LogP contribution in [0.1, 0.15) is 0 Å². The summed E-state index contributed by atoms with van der Waals surface area (Å²) in [5.41, 5.74) is 29.4. The van der Waals surface area contributed by atoms with Crippen molar-refractivity contribution < 1.29 is 0 Å². The van der Waals surface area contributed by atoms with Crippen molar-refractivity contribution in [2.24, 2.45) is 0 Å². The Labute approximate surface area is 603 Å². The monoisotopic (exact) mass is 1320 g/mol. The van der Waals surface area contributed by atoms with Gasteiger partial charge in [0.15, 0.2) is 0 Å². The van der Waals surface area contributed by atoms with E-state index in [0.29, 0.717) is 0 Å². The Morgan fingerprint density at radius 3 is 0.760 bits per heavy atom. The Morgan fingerprint density at radius 2 is 0.433 bits per heavy atom. The molecule has 0 amide bonds. The minimum absolute atomic E-state index is 0.795. The first kappa shape index (κ1) is 61.2. The third-order valence-corrected chi connectivity index (χ3v) is 20.1. The van der Waals surface area contributed by atoms with Crippen LogP contribution in [-0.2, 0) is 0 Å². The second kappa shape index (κ2) is 26.3. The second-order valence-corrected chi connectivity index (χ2v) is 26.5. The Morgan fingerprint density at radius 1 is 0.173 bits per heavy atom. The number of hydrogen-bond donors (Lipinski definition) is 0. The van der Waals surface area contributed by atoms with E-state index in [1.165, 1.54) is 0 Å². The minimum atomic E-state index is 0.795. The molecule has 0 aliphatic rings. The Bertz CT molecular complexity index is 5960. The van der Waals surface area contributed by atoms with E-state index in [1.807, 2.05) is 24.3 Å². The highest BCUT2D eigenvalue weighted by atomic mass is 15.1. The average molecular weight is 1330 g/mol. The van der Waals surface area contributed by atoms with E-state index >= 15 is 0 Å². The molecule has 0 saturated heterocycles.